The van der Waals surface area contributed by atoms with Crippen LogP contribution in [0.25, 0.3) is 16.5 Å². The maximum atomic E-state index is 13.4. The van der Waals surface area contributed by atoms with E-state index in [0.29, 0.717) is 35.5 Å². The van der Waals surface area contributed by atoms with Crippen molar-refractivity contribution in [2.24, 2.45) is 0 Å². The van der Waals surface area contributed by atoms with E-state index < -0.39 is 0 Å². The molecule has 0 unspecified atom stereocenters. The summed E-state index contributed by atoms with van der Waals surface area (Å²) < 4.78 is 8.07. The van der Waals surface area contributed by atoms with Gasteiger partial charge in [0.15, 0.2) is 5.82 Å². The number of fused-ring (bicyclic) bond motifs is 1. The smallest absolute Gasteiger partial charge is 0.324 e. The number of anilines is 5. The average Bonchev–Trinajstić information content (AvgIpc) is 3.67. The van der Waals surface area contributed by atoms with Crippen molar-refractivity contribution in [1.29, 1.82) is 0 Å². The SMILES string of the molecule is Cc1cc(-n2nc(C(C)(C)C)cc2NC(=O)Nc2ccc(OCc3ccnc(Nc4cncc(N(C)C)n4)c3)c3ccccc23)cs1. The standard InChI is InChI=1S/C35H37N9O2S/c1-22-15-24(21-47-22)44-32(17-29(42-44)35(2,3)4)41-34(45)38-27-11-12-28(26-10-8-7-9-25(26)27)46-20-23-13-14-37-30(16-23)39-31-18-36-19-33(40-31)43(5)6/h7-19,21H,20H2,1-6H3,(H,37,39,40)(H2,38,41,45). The van der Waals surface area contributed by atoms with Crippen molar-refractivity contribution in [3.63, 3.8) is 0 Å². The average molecular weight is 648 g/mol. The van der Waals surface area contributed by atoms with Crippen LogP contribution in [0.2, 0.25) is 0 Å². The zero-order valence-electron chi connectivity index (χ0n) is 27.2. The summed E-state index contributed by atoms with van der Waals surface area (Å²) in [5, 5.41) is 17.8. The Hall–Kier alpha value is -5.49. The van der Waals surface area contributed by atoms with E-state index in [1.54, 1.807) is 34.6 Å². The molecular formula is C35H37N9O2S. The van der Waals surface area contributed by atoms with Gasteiger partial charge in [0.05, 0.1) is 29.5 Å². The number of urea groups is 1. The number of carbonyl (C=O) groups excluding carboxylic acids is 1. The molecule has 240 valence electrons. The van der Waals surface area contributed by atoms with E-state index in [0.717, 1.165) is 33.5 Å². The van der Waals surface area contributed by atoms with Gasteiger partial charge in [0.25, 0.3) is 0 Å². The third-order valence-electron chi connectivity index (χ3n) is 7.37. The first-order valence-corrected chi connectivity index (χ1v) is 16.0. The molecule has 4 heterocycles. The molecule has 12 heteroatoms. The Labute approximate surface area is 277 Å². The molecule has 2 amide bonds. The lowest BCUT2D eigenvalue weighted by Crippen LogP contribution is -2.21. The summed E-state index contributed by atoms with van der Waals surface area (Å²) >= 11 is 1.64. The number of nitrogens with one attached hydrogen (secondary N) is 3. The third kappa shape index (κ3) is 7.33. The molecule has 0 aliphatic rings. The van der Waals surface area contributed by atoms with Gasteiger partial charge in [-0.15, -0.1) is 11.3 Å². The van der Waals surface area contributed by atoms with Crippen molar-refractivity contribution >= 4 is 57.1 Å². The second-order valence-electron chi connectivity index (χ2n) is 12.3. The van der Waals surface area contributed by atoms with E-state index >= 15 is 0 Å². The monoisotopic (exact) mass is 647 g/mol. The Morgan fingerprint density at radius 1 is 0.979 bits per heavy atom. The number of carbonyl (C=O) groups is 1. The molecule has 2 aromatic carbocycles. The first kappa shape index (κ1) is 31.5. The number of pyridine rings is 1. The number of benzene rings is 2. The lowest BCUT2D eigenvalue weighted by molar-refractivity contribution is 0.262. The highest BCUT2D eigenvalue weighted by Gasteiger charge is 2.22. The minimum absolute atomic E-state index is 0.184. The molecule has 6 aromatic rings. The van der Waals surface area contributed by atoms with Gasteiger partial charge in [0.2, 0.25) is 0 Å². The van der Waals surface area contributed by atoms with Gasteiger partial charge in [-0.25, -0.2) is 19.4 Å². The molecular weight excluding hydrogens is 611 g/mol. The number of rotatable bonds is 9. The van der Waals surface area contributed by atoms with Gasteiger partial charge in [-0.2, -0.15) is 5.10 Å². The van der Waals surface area contributed by atoms with Crippen molar-refractivity contribution in [1.82, 2.24) is 24.7 Å². The van der Waals surface area contributed by atoms with Gasteiger partial charge in [-0.05, 0) is 42.8 Å². The van der Waals surface area contributed by atoms with E-state index in [2.05, 4.69) is 64.7 Å². The second kappa shape index (κ2) is 13.1. The lowest BCUT2D eigenvalue weighted by atomic mass is 9.92. The molecule has 0 saturated heterocycles. The first-order valence-electron chi connectivity index (χ1n) is 15.1. The van der Waals surface area contributed by atoms with E-state index in [1.165, 1.54) is 4.88 Å². The molecule has 11 nitrogen and oxygen atoms in total. The highest BCUT2D eigenvalue weighted by molar-refractivity contribution is 7.10. The Morgan fingerprint density at radius 2 is 1.79 bits per heavy atom. The molecule has 0 saturated carbocycles. The maximum Gasteiger partial charge on any atom is 0.324 e. The third-order valence-corrected chi connectivity index (χ3v) is 8.22. The molecule has 0 aliphatic heterocycles. The van der Waals surface area contributed by atoms with Crippen LogP contribution in [0.5, 0.6) is 5.75 Å². The highest BCUT2D eigenvalue weighted by Crippen LogP contribution is 2.33. The summed E-state index contributed by atoms with van der Waals surface area (Å²) in [5.41, 5.74) is 3.20. The molecule has 0 radical (unpaired) electrons. The first-order chi connectivity index (χ1) is 22.5. The number of thiophene rings is 1. The molecule has 0 spiro atoms. The Bertz CT molecular complexity index is 2040. The van der Waals surface area contributed by atoms with Gasteiger partial charge in [-0.1, -0.05) is 45.0 Å². The molecule has 0 fully saturated rings. The Kier molecular flexibility index (Phi) is 8.77. The van der Waals surface area contributed by atoms with Crippen LogP contribution in [0.1, 0.15) is 36.9 Å². The topological polar surface area (TPSA) is 122 Å². The number of hydrogen-bond donors (Lipinski definition) is 3. The summed E-state index contributed by atoms with van der Waals surface area (Å²) in [6.45, 7) is 8.67. The summed E-state index contributed by atoms with van der Waals surface area (Å²) in [6.07, 6.45) is 5.08. The van der Waals surface area contributed by atoms with Crippen LogP contribution in [0, 0.1) is 6.92 Å². The largest absolute Gasteiger partial charge is 0.488 e. The zero-order valence-corrected chi connectivity index (χ0v) is 28.0. The normalized spacial score (nSPS) is 11.4. The van der Waals surface area contributed by atoms with Crippen LogP contribution in [0.15, 0.2) is 84.6 Å². The summed E-state index contributed by atoms with van der Waals surface area (Å²) in [4.78, 5) is 29.6. The minimum Gasteiger partial charge on any atom is -0.488 e. The van der Waals surface area contributed by atoms with Crippen molar-refractivity contribution in [3.8, 4) is 11.4 Å². The van der Waals surface area contributed by atoms with E-state index in [4.69, 9.17) is 9.84 Å². The molecule has 6 rings (SSSR count). The van der Waals surface area contributed by atoms with Crippen molar-refractivity contribution < 1.29 is 9.53 Å². The minimum atomic E-state index is -0.366. The van der Waals surface area contributed by atoms with Crippen LogP contribution in [0.3, 0.4) is 0 Å². The van der Waals surface area contributed by atoms with E-state index in [1.807, 2.05) is 79.0 Å². The van der Waals surface area contributed by atoms with Gasteiger partial charge >= 0.3 is 6.03 Å². The quantitative estimate of drug-likeness (QED) is 0.145. The summed E-state index contributed by atoms with van der Waals surface area (Å²) in [7, 11) is 3.83. The molecule has 0 bridgehead atoms. The number of nitrogens with zero attached hydrogens (tertiary/aromatic N) is 6. The van der Waals surface area contributed by atoms with E-state index in [-0.39, 0.29) is 11.4 Å². The molecule has 4 aromatic heterocycles. The number of aromatic nitrogens is 5. The number of amides is 2. The van der Waals surface area contributed by atoms with Gasteiger partial charge in [0.1, 0.15) is 29.8 Å². The van der Waals surface area contributed by atoms with Crippen LogP contribution in [0.4, 0.5) is 33.8 Å². The van der Waals surface area contributed by atoms with Gasteiger partial charge < -0.3 is 20.3 Å². The predicted molar refractivity (Wildman–Crippen MR) is 190 cm³/mol. The van der Waals surface area contributed by atoms with Crippen molar-refractivity contribution in [2.75, 3.05) is 34.9 Å². The molecule has 47 heavy (non-hydrogen) atoms. The molecule has 0 atom stereocenters. The van der Waals surface area contributed by atoms with Gasteiger partial charge in [-0.3, -0.25) is 10.3 Å². The Balaban J connectivity index is 1.17. The van der Waals surface area contributed by atoms with Gasteiger partial charge in [0, 0.05) is 52.8 Å². The van der Waals surface area contributed by atoms with Crippen LogP contribution >= 0.6 is 11.3 Å². The lowest BCUT2D eigenvalue weighted by Gasteiger charge is -2.15. The molecule has 0 aliphatic carbocycles. The summed E-state index contributed by atoms with van der Waals surface area (Å²) in [6, 6.07) is 19.0. The highest BCUT2D eigenvalue weighted by atomic mass is 32.1. The van der Waals surface area contributed by atoms with Crippen LogP contribution < -0.4 is 25.6 Å². The Morgan fingerprint density at radius 3 is 2.53 bits per heavy atom. The number of ether oxygens (including phenoxy) is 1. The van der Waals surface area contributed by atoms with E-state index in [9.17, 15) is 4.79 Å². The fraction of sp³-hybridized carbons (Fsp3) is 0.229. The van der Waals surface area contributed by atoms with Crippen LogP contribution in [-0.4, -0.2) is 44.9 Å². The zero-order chi connectivity index (χ0) is 33.1. The number of hydrogen-bond acceptors (Lipinski definition) is 9. The fourth-order valence-corrected chi connectivity index (χ4v) is 5.57. The number of aryl methyl sites for hydroxylation is 1. The van der Waals surface area contributed by atoms with Crippen LogP contribution in [-0.2, 0) is 12.0 Å². The predicted octanol–water partition coefficient (Wildman–Crippen LogP) is 7.91. The van der Waals surface area contributed by atoms with Crippen molar-refractivity contribution in [3.05, 3.63) is 101 Å². The fourth-order valence-electron chi connectivity index (χ4n) is 4.91. The van der Waals surface area contributed by atoms with Crippen molar-refractivity contribution in [2.45, 2.75) is 39.7 Å². The second-order valence-corrected chi connectivity index (χ2v) is 13.5. The summed E-state index contributed by atoms with van der Waals surface area (Å²) in [5.74, 6) is 3.27. The maximum absolute atomic E-state index is 13.4. The molecule has 3 N–H and O–H groups in total.